The number of benzene rings is 4. The van der Waals surface area contributed by atoms with Crippen LogP contribution < -0.4 is 24.6 Å². The molecule has 2 N–H and O–H groups in total. The van der Waals surface area contributed by atoms with Crippen molar-refractivity contribution in [1.29, 1.82) is 0 Å². The summed E-state index contributed by atoms with van der Waals surface area (Å²) in [5, 5.41) is 4.53. The molecule has 0 spiro atoms. The number of H-pyrrole nitrogens is 1. The molecule has 0 unspecified atom stereocenters. The molecule has 5 aromatic rings. The van der Waals surface area contributed by atoms with Gasteiger partial charge in [0.25, 0.3) is 5.91 Å². The van der Waals surface area contributed by atoms with Crippen molar-refractivity contribution >= 4 is 68.9 Å². The van der Waals surface area contributed by atoms with E-state index in [1.807, 2.05) is 42.5 Å². The number of ether oxygens (including phenoxy) is 3. The molecule has 248 valence electrons. The van der Waals surface area contributed by atoms with Gasteiger partial charge in [0.1, 0.15) is 5.25 Å². The number of thiazole rings is 1. The molecular formula is C36H29N3O8S2. The highest BCUT2D eigenvalue weighted by molar-refractivity contribution is 8.00. The number of anilines is 2. The molecule has 49 heavy (non-hydrogen) atoms. The first-order valence-electron chi connectivity index (χ1n) is 15.4. The predicted octanol–water partition coefficient (Wildman–Crippen LogP) is 5.59. The molecule has 0 bridgehead atoms. The Kier molecular flexibility index (Phi) is 8.69. The molecule has 7 rings (SSSR count). The minimum absolute atomic E-state index is 0.219. The van der Waals surface area contributed by atoms with Crippen molar-refractivity contribution in [3.8, 4) is 11.5 Å². The minimum Gasteiger partial charge on any atom is -0.493 e. The number of fused-ring (bicyclic) bond motifs is 3. The van der Waals surface area contributed by atoms with Crippen molar-refractivity contribution in [2.45, 2.75) is 23.1 Å². The van der Waals surface area contributed by atoms with Crippen LogP contribution >= 0.6 is 23.1 Å². The molecule has 2 aliphatic rings. The van der Waals surface area contributed by atoms with Gasteiger partial charge in [0.05, 0.1) is 35.9 Å². The van der Waals surface area contributed by atoms with Gasteiger partial charge >= 0.3 is 10.8 Å². The summed E-state index contributed by atoms with van der Waals surface area (Å²) in [5.41, 5.74) is 1.93. The molecule has 0 radical (unpaired) electrons. The van der Waals surface area contributed by atoms with Gasteiger partial charge in [-0.2, -0.15) is 0 Å². The summed E-state index contributed by atoms with van der Waals surface area (Å²) >= 11 is 2.16. The van der Waals surface area contributed by atoms with Crippen molar-refractivity contribution in [3.05, 3.63) is 111 Å². The average molecular weight is 696 g/mol. The first-order valence-corrected chi connectivity index (χ1v) is 17.1. The number of nitrogens with one attached hydrogen (secondary N) is 2. The van der Waals surface area contributed by atoms with Crippen molar-refractivity contribution in [3.63, 3.8) is 0 Å². The van der Waals surface area contributed by atoms with E-state index in [4.69, 9.17) is 14.2 Å². The fourth-order valence-electron chi connectivity index (χ4n) is 6.25. The zero-order chi connectivity index (χ0) is 34.2. The van der Waals surface area contributed by atoms with Gasteiger partial charge in [-0.05, 0) is 60.3 Å². The second kappa shape index (κ2) is 13.2. The maximum absolute atomic E-state index is 14.1. The van der Waals surface area contributed by atoms with E-state index < -0.39 is 34.9 Å². The number of thioether (sulfide) groups is 1. The van der Waals surface area contributed by atoms with Crippen LogP contribution in [0.1, 0.15) is 33.6 Å². The number of methoxy groups -OCH3 is 1. The highest BCUT2D eigenvalue weighted by Crippen LogP contribution is 2.53. The van der Waals surface area contributed by atoms with Gasteiger partial charge in [-0.25, -0.2) is 9.69 Å². The molecule has 1 saturated heterocycles. The van der Waals surface area contributed by atoms with Crippen LogP contribution in [0.5, 0.6) is 11.5 Å². The third kappa shape index (κ3) is 5.95. The number of esters is 1. The second-order valence-corrected chi connectivity index (χ2v) is 13.5. The van der Waals surface area contributed by atoms with E-state index in [1.165, 1.54) is 31.0 Å². The Hall–Kier alpha value is -5.40. The van der Waals surface area contributed by atoms with Gasteiger partial charge in [0.2, 0.25) is 11.8 Å². The SMILES string of the molecule is CCOC(=O)c1ccc(N2C(=O)[C@H]3[C@H](c4ccc(OCC(=O)Nc5cccc6ccccc56)c(OC)c4)c4sc(=O)[nH]c4S[C@H]3C2=O)cc1. The lowest BCUT2D eigenvalue weighted by Gasteiger charge is -2.30. The lowest BCUT2D eigenvalue weighted by molar-refractivity contribution is -0.122. The summed E-state index contributed by atoms with van der Waals surface area (Å²) in [6.07, 6.45) is 0. The van der Waals surface area contributed by atoms with E-state index in [0.717, 1.165) is 27.0 Å². The van der Waals surface area contributed by atoms with E-state index in [0.29, 0.717) is 43.9 Å². The Morgan fingerprint density at radius 2 is 1.69 bits per heavy atom. The number of hydrogen-bond acceptors (Lipinski definition) is 10. The lowest BCUT2D eigenvalue weighted by atomic mass is 9.83. The normalized spacial score (nSPS) is 18.2. The van der Waals surface area contributed by atoms with Crippen molar-refractivity contribution in [2.24, 2.45) is 5.92 Å². The molecule has 1 aromatic heterocycles. The number of aromatic nitrogens is 1. The monoisotopic (exact) mass is 695 g/mol. The van der Waals surface area contributed by atoms with Crippen LogP contribution in [0.3, 0.4) is 0 Å². The number of nitrogens with zero attached hydrogens (tertiary/aromatic N) is 1. The Labute approximate surface area is 288 Å². The van der Waals surface area contributed by atoms with Crippen molar-refractivity contribution in [1.82, 2.24) is 4.98 Å². The summed E-state index contributed by atoms with van der Waals surface area (Å²) < 4.78 is 16.6. The van der Waals surface area contributed by atoms with Gasteiger partial charge in [-0.15, -0.1) is 0 Å². The number of aromatic amines is 1. The van der Waals surface area contributed by atoms with Gasteiger partial charge in [0, 0.05) is 21.9 Å². The van der Waals surface area contributed by atoms with Crippen LogP contribution in [-0.4, -0.2) is 54.2 Å². The maximum atomic E-state index is 14.1. The molecule has 4 aromatic carbocycles. The molecular weight excluding hydrogens is 667 g/mol. The van der Waals surface area contributed by atoms with Crippen LogP contribution in [0, 0.1) is 5.92 Å². The fourth-order valence-corrected chi connectivity index (χ4v) is 8.77. The number of rotatable bonds is 9. The molecule has 3 atom stereocenters. The Morgan fingerprint density at radius 3 is 2.47 bits per heavy atom. The molecule has 1 fully saturated rings. The van der Waals surface area contributed by atoms with E-state index >= 15 is 0 Å². The first kappa shape index (κ1) is 32.2. The van der Waals surface area contributed by atoms with Crippen molar-refractivity contribution in [2.75, 3.05) is 30.5 Å². The molecule has 13 heteroatoms. The molecule has 0 saturated carbocycles. The Bertz CT molecular complexity index is 2170. The Morgan fingerprint density at radius 1 is 0.918 bits per heavy atom. The second-order valence-electron chi connectivity index (χ2n) is 11.3. The molecule has 3 amide bonds. The summed E-state index contributed by atoms with van der Waals surface area (Å²) in [4.78, 5) is 69.8. The minimum atomic E-state index is -0.830. The Balaban J connectivity index is 1.15. The summed E-state index contributed by atoms with van der Waals surface area (Å²) in [6.45, 7) is 1.64. The van der Waals surface area contributed by atoms with Gasteiger partial charge in [0.15, 0.2) is 18.1 Å². The van der Waals surface area contributed by atoms with E-state index in [2.05, 4.69) is 10.3 Å². The van der Waals surface area contributed by atoms with Crippen LogP contribution in [0.4, 0.5) is 11.4 Å². The smallest absolute Gasteiger partial charge is 0.338 e. The molecule has 2 aliphatic heterocycles. The van der Waals surface area contributed by atoms with Crippen LogP contribution in [0.25, 0.3) is 10.8 Å². The molecule has 0 aliphatic carbocycles. The maximum Gasteiger partial charge on any atom is 0.338 e. The quantitative estimate of drug-likeness (QED) is 0.149. The van der Waals surface area contributed by atoms with E-state index in [1.54, 1.807) is 37.3 Å². The predicted molar refractivity (Wildman–Crippen MR) is 186 cm³/mol. The number of hydrogen-bond donors (Lipinski definition) is 2. The van der Waals surface area contributed by atoms with Crippen LogP contribution in [0.2, 0.25) is 0 Å². The van der Waals surface area contributed by atoms with Crippen LogP contribution in [-0.2, 0) is 19.1 Å². The van der Waals surface area contributed by atoms with Gasteiger partial charge in [-0.1, -0.05) is 65.6 Å². The number of carbonyl (C=O) groups is 4. The standard InChI is InChI=1S/C36H29N3O8S2/c1-3-46-35(43)20-11-14-22(15-12-20)39-33(41)29-28(30-32(38-36(44)49-30)48-31(29)34(39)42)21-13-16-25(26(17-21)45-2)47-18-27(40)37-24-10-6-8-19-7-4-5-9-23(19)24/h4-17,28-29,31H,3,18H2,1-2H3,(H,37,40)(H,38,44)/t28-,29-,31+/m0/s1. The topological polar surface area (TPSA) is 144 Å². The van der Waals surface area contributed by atoms with Gasteiger partial charge in [-0.3, -0.25) is 19.2 Å². The van der Waals surface area contributed by atoms with Crippen molar-refractivity contribution < 1.29 is 33.4 Å². The summed E-state index contributed by atoms with van der Waals surface area (Å²) in [7, 11) is 1.47. The highest BCUT2D eigenvalue weighted by Gasteiger charge is 2.56. The van der Waals surface area contributed by atoms with E-state index in [-0.39, 0.29) is 24.0 Å². The number of imide groups is 1. The largest absolute Gasteiger partial charge is 0.493 e. The average Bonchev–Trinajstić information content (AvgIpc) is 3.61. The first-order chi connectivity index (χ1) is 23.8. The van der Waals surface area contributed by atoms with Crippen LogP contribution in [0.15, 0.2) is 94.7 Å². The zero-order valence-corrected chi connectivity index (χ0v) is 27.9. The third-order valence-electron chi connectivity index (χ3n) is 8.43. The lowest BCUT2D eigenvalue weighted by Crippen LogP contribution is -2.32. The number of amides is 3. The van der Waals surface area contributed by atoms with E-state index in [9.17, 15) is 24.0 Å². The highest BCUT2D eigenvalue weighted by atomic mass is 32.2. The fraction of sp³-hybridized carbons (Fsp3) is 0.194. The third-order valence-corrected chi connectivity index (χ3v) is 10.8. The molecule has 3 heterocycles. The number of carbonyl (C=O) groups excluding carboxylic acids is 4. The van der Waals surface area contributed by atoms with Gasteiger partial charge < -0.3 is 24.5 Å². The molecule has 11 nitrogen and oxygen atoms in total. The zero-order valence-electron chi connectivity index (χ0n) is 26.3. The summed E-state index contributed by atoms with van der Waals surface area (Å²) in [6, 6.07) is 24.6. The summed E-state index contributed by atoms with van der Waals surface area (Å²) in [5.74, 6) is -2.56.